The second-order valence-corrected chi connectivity index (χ2v) is 6.03. The van der Waals surface area contributed by atoms with Gasteiger partial charge in [0.15, 0.2) is 5.78 Å². The van der Waals surface area contributed by atoms with Crippen LogP contribution in [0, 0.1) is 17.3 Å². The van der Waals surface area contributed by atoms with Crippen LogP contribution in [-0.4, -0.2) is 5.78 Å². The Morgan fingerprint density at radius 3 is 2.73 bits per heavy atom. The molecule has 15 heavy (non-hydrogen) atoms. The average Bonchev–Trinajstić information content (AvgIpc) is 2.72. The van der Waals surface area contributed by atoms with Crippen LogP contribution in [0.2, 0.25) is 0 Å². The molecular weight excluding hydrogens is 184 g/mol. The molecule has 1 heteroatoms. The third-order valence-corrected chi connectivity index (χ3v) is 5.05. The number of fused-ring (bicyclic) bond motifs is 2. The van der Waals surface area contributed by atoms with Crippen molar-refractivity contribution in [2.45, 2.75) is 52.4 Å². The molecular formula is C14H20O. The van der Waals surface area contributed by atoms with Crippen LogP contribution in [0.4, 0.5) is 0 Å². The summed E-state index contributed by atoms with van der Waals surface area (Å²) in [5, 5.41) is 0. The van der Waals surface area contributed by atoms with E-state index in [-0.39, 0.29) is 0 Å². The smallest absolute Gasteiger partial charge is 0.159 e. The molecule has 0 bridgehead atoms. The highest BCUT2D eigenvalue weighted by Crippen LogP contribution is 2.59. The molecule has 0 radical (unpaired) electrons. The van der Waals surface area contributed by atoms with Crippen molar-refractivity contribution in [2.24, 2.45) is 17.3 Å². The quantitative estimate of drug-likeness (QED) is 0.590. The molecule has 2 atom stereocenters. The van der Waals surface area contributed by atoms with Gasteiger partial charge in [0.25, 0.3) is 0 Å². The van der Waals surface area contributed by atoms with E-state index in [0.29, 0.717) is 17.1 Å². The van der Waals surface area contributed by atoms with Gasteiger partial charge in [-0.25, -0.2) is 0 Å². The van der Waals surface area contributed by atoms with Crippen LogP contribution in [0.1, 0.15) is 52.4 Å². The highest BCUT2D eigenvalue weighted by Gasteiger charge is 2.51. The van der Waals surface area contributed by atoms with Crippen LogP contribution in [-0.2, 0) is 4.79 Å². The number of allylic oxidation sites excluding steroid dienone is 2. The molecule has 0 heterocycles. The second kappa shape index (κ2) is 2.96. The predicted octanol–water partition coefficient (Wildman–Crippen LogP) is 3.49. The number of hydrogen-bond acceptors (Lipinski definition) is 1. The maximum atomic E-state index is 12.0. The molecule has 1 fully saturated rings. The summed E-state index contributed by atoms with van der Waals surface area (Å²) in [4.78, 5) is 12.0. The fourth-order valence-electron chi connectivity index (χ4n) is 4.36. The Labute approximate surface area is 91.9 Å². The van der Waals surface area contributed by atoms with Crippen molar-refractivity contribution in [2.75, 3.05) is 0 Å². The van der Waals surface area contributed by atoms with Crippen LogP contribution in [0.25, 0.3) is 0 Å². The Bertz CT molecular complexity index is 348. The van der Waals surface area contributed by atoms with Gasteiger partial charge in [0.2, 0.25) is 0 Å². The summed E-state index contributed by atoms with van der Waals surface area (Å²) in [7, 11) is 0. The average molecular weight is 204 g/mol. The Morgan fingerprint density at radius 1 is 1.13 bits per heavy atom. The van der Waals surface area contributed by atoms with Crippen molar-refractivity contribution in [1.82, 2.24) is 0 Å². The topological polar surface area (TPSA) is 17.1 Å². The number of hydrogen-bond donors (Lipinski definition) is 0. The van der Waals surface area contributed by atoms with E-state index in [0.717, 1.165) is 18.8 Å². The van der Waals surface area contributed by atoms with Gasteiger partial charge in [0, 0.05) is 6.42 Å². The summed E-state index contributed by atoms with van der Waals surface area (Å²) in [6, 6.07) is 0. The Morgan fingerprint density at radius 2 is 1.93 bits per heavy atom. The molecule has 1 nitrogen and oxygen atoms in total. The van der Waals surface area contributed by atoms with Crippen molar-refractivity contribution < 1.29 is 4.79 Å². The maximum absolute atomic E-state index is 12.0. The summed E-state index contributed by atoms with van der Waals surface area (Å²) in [5.41, 5.74) is 3.15. The van der Waals surface area contributed by atoms with Gasteiger partial charge in [-0.1, -0.05) is 25.8 Å². The first-order chi connectivity index (χ1) is 7.12. The highest BCUT2D eigenvalue weighted by molar-refractivity contribution is 5.98. The van der Waals surface area contributed by atoms with Gasteiger partial charge in [-0.2, -0.15) is 0 Å². The molecule has 0 aromatic carbocycles. The molecule has 0 aliphatic heterocycles. The van der Waals surface area contributed by atoms with Crippen molar-refractivity contribution in [3.63, 3.8) is 0 Å². The lowest BCUT2D eigenvalue weighted by atomic mass is 9.74. The highest BCUT2D eigenvalue weighted by atomic mass is 16.1. The third kappa shape index (κ3) is 1.12. The van der Waals surface area contributed by atoms with E-state index >= 15 is 0 Å². The second-order valence-electron chi connectivity index (χ2n) is 6.03. The number of ketones is 1. The van der Waals surface area contributed by atoms with E-state index in [2.05, 4.69) is 13.8 Å². The van der Waals surface area contributed by atoms with E-state index < -0.39 is 0 Å². The lowest BCUT2D eigenvalue weighted by molar-refractivity contribution is -0.116. The minimum atomic E-state index is 0.326. The van der Waals surface area contributed by atoms with Crippen molar-refractivity contribution in [3.8, 4) is 0 Å². The first-order valence-corrected chi connectivity index (χ1v) is 6.39. The Kier molecular flexibility index (Phi) is 1.90. The molecule has 0 aromatic heterocycles. The molecule has 82 valence electrons. The van der Waals surface area contributed by atoms with Gasteiger partial charge < -0.3 is 0 Å². The molecule has 3 rings (SSSR count). The summed E-state index contributed by atoms with van der Waals surface area (Å²) in [5.74, 6) is 1.91. The number of Topliss-reactive ketones (excluding diaryl/α,β-unsaturated/α-hetero) is 1. The van der Waals surface area contributed by atoms with Gasteiger partial charge in [-0.05, 0) is 48.5 Å². The van der Waals surface area contributed by atoms with Gasteiger partial charge in [0.05, 0.1) is 0 Å². The van der Waals surface area contributed by atoms with E-state index in [1.54, 1.807) is 0 Å². The SMILES string of the molecule is CC1(C)C2=C(C(=O)CCC2)C2CCCC21. The third-order valence-electron chi connectivity index (χ3n) is 5.05. The monoisotopic (exact) mass is 204 g/mol. The van der Waals surface area contributed by atoms with Crippen LogP contribution >= 0.6 is 0 Å². The minimum absolute atomic E-state index is 0.326. The standard InChI is InChI=1S/C14H20O/c1-14(2)10-6-3-5-9(10)13-11(14)7-4-8-12(13)15/h9-10H,3-8H2,1-2H3. The lowest BCUT2D eigenvalue weighted by Gasteiger charge is -2.30. The maximum Gasteiger partial charge on any atom is 0.159 e. The first kappa shape index (κ1) is 9.62. The van der Waals surface area contributed by atoms with Crippen LogP contribution in [0.3, 0.4) is 0 Å². The Hall–Kier alpha value is -0.590. The number of carbonyl (C=O) groups excluding carboxylic acids is 1. The number of rotatable bonds is 0. The minimum Gasteiger partial charge on any atom is -0.295 e. The number of carbonyl (C=O) groups is 1. The largest absolute Gasteiger partial charge is 0.295 e. The normalized spacial score (nSPS) is 38.1. The zero-order valence-electron chi connectivity index (χ0n) is 9.81. The van der Waals surface area contributed by atoms with Crippen LogP contribution in [0.15, 0.2) is 11.1 Å². The van der Waals surface area contributed by atoms with E-state index in [1.807, 2.05) is 0 Å². The summed E-state index contributed by atoms with van der Waals surface area (Å²) >= 11 is 0. The zero-order valence-corrected chi connectivity index (χ0v) is 9.81. The van der Waals surface area contributed by atoms with E-state index in [4.69, 9.17) is 0 Å². The molecule has 0 spiro atoms. The molecule has 1 saturated carbocycles. The van der Waals surface area contributed by atoms with Crippen molar-refractivity contribution >= 4 is 5.78 Å². The molecule has 2 unspecified atom stereocenters. The first-order valence-electron chi connectivity index (χ1n) is 6.39. The molecule has 0 amide bonds. The molecule has 0 N–H and O–H groups in total. The summed E-state index contributed by atoms with van der Waals surface area (Å²) in [6.45, 7) is 4.74. The van der Waals surface area contributed by atoms with Gasteiger partial charge in [-0.15, -0.1) is 0 Å². The fraction of sp³-hybridized carbons (Fsp3) is 0.786. The van der Waals surface area contributed by atoms with Crippen LogP contribution in [0.5, 0.6) is 0 Å². The van der Waals surface area contributed by atoms with Gasteiger partial charge in [-0.3, -0.25) is 4.79 Å². The van der Waals surface area contributed by atoms with E-state index in [1.165, 1.54) is 36.8 Å². The van der Waals surface area contributed by atoms with E-state index in [9.17, 15) is 4.79 Å². The summed E-state index contributed by atoms with van der Waals surface area (Å²) < 4.78 is 0. The molecule has 0 aromatic rings. The summed E-state index contributed by atoms with van der Waals surface area (Å²) in [6.07, 6.45) is 7.07. The fourth-order valence-corrected chi connectivity index (χ4v) is 4.36. The predicted molar refractivity (Wildman–Crippen MR) is 60.5 cm³/mol. The van der Waals surface area contributed by atoms with Gasteiger partial charge >= 0.3 is 0 Å². The van der Waals surface area contributed by atoms with Crippen molar-refractivity contribution in [3.05, 3.63) is 11.1 Å². The molecule has 3 aliphatic carbocycles. The van der Waals surface area contributed by atoms with Crippen LogP contribution < -0.4 is 0 Å². The van der Waals surface area contributed by atoms with Crippen molar-refractivity contribution in [1.29, 1.82) is 0 Å². The van der Waals surface area contributed by atoms with Gasteiger partial charge in [0.1, 0.15) is 0 Å². The molecule has 0 saturated heterocycles. The molecule has 3 aliphatic rings. The lowest BCUT2D eigenvalue weighted by Crippen LogP contribution is -2.22. The zero-order chi connectivity index (χ0) is 10.6. The Balaban J connectivity index is 2.11.